The molecule has 11 nitrogen and oxygen atoms in total. The van der Waals surface area contributed by atoms with Gasteiger partial charge in [0.05, 0.1) is 23.4 Å². The first kappa shape index (κ1) is 27.1. The van der Waals surface area contributed by atoms with Crippen LogP contribution in [0, 0.1) is 12.7 Å². The van der Waals surface area contributed by atoms with Crippen LogP contribution >= 0.6 is 11.6 Å². The maximum Gasteiger partial charge on any atom is 0.410 e. The second-order valence-corrected chi connectivity index (χ2v) is 9.67. The van der Waals surface area contributed by atoms with E-state index >= 15 is 0 Å². The summed E-state index contributed by atoms with van der Waals surface area (Å²) >= 11 is 5.85. The van der Waals surface area contributed by atoms with Crippen molar-refractivity contribution in [2.45, 2.75) is 39.8 Å². The van der Waals surface area contributed by atoms with Crippen molar-refractivity contribution in [1.82, 2.24) is 19.3 Å². The Hall–Kier alpha value is -3.93. The molecule has 1 aliphatic heterocycles. The third kappa shape index (κ3) is 5.49. The van der Waals surface area contributed by atoms with Crippen molar-refractivity contribution in [3.05, 3.63) is 62.5 Å². The number of fused-ring (bicyclic) bond motifs is 1. The van der Waals surface area contributed by atoms with Crippen molar-refractivity contribution >= 4 is 40.8 Å². The van der Waals surface area contributed by atoms with Gasteiger partial charge in [0.2, 0.25) is 0 Å². The number of halogens is 2. The molecule has 4 rings (SSSR count). The van der Waals surface area contributed by atoms with Crippen LogP contribution in [0.1, 0.15) is 48.4 Å². The molecular formula is C25H28ClFN6O5. The highest BCUT2D eigenvalue weighted by molar-refractivity contribution is 6.29. The number of nitrogens with zero attached hydrogens (tertiary/aromatic N) is 5. The van der Waals surface area contributed by atoms with E-state index in [2.05, 4.69) is 10.3 Å². The summed E-state index contributed by atoms with van der Waals surface area (Å²) in [6.07, 6.45) is 0.456. The summed E-state index contributed by atoms with van der Waals surface area (Å²) in [5, 5.41) is 12.6. The summed E-state index contributed by atoms with van der Waals surface area (Å²) in [5.41, 5.74) is 0.356. The maximum atomic E-state index is 14.6. The van der Waals surface area contributed by atoms with Crippen molar-refractivity contribution in [3.8, 4) is 0 Å². The van der Waals surface area contributed by atoms with Crippen molar-refractivity contribution in [3.63, 3.8) is 0 Å². The van der Waals surface area contributed by atoms with Crippen molar-refractivity contribution in [2.24, 2.45) is 0 Å². The van der Waals surface area contributed by atoms with Gasteiger partial charge in [-0.25, -0.2) is 23.9 Å². The predicted molar refractivity (Wildman–Crippen MR) is 140 cm³/mol. The number of aromatic nitrogens is 3. The minimum Gasteiger partial charge on any atom is -0.476 e. The zero-order valence-corrected chi connectivity index (χ0v) is 22.1. The quantitative estimate of drug-likeness (QED) is 0.444. The van der Waals surface area contributed by atoms with Gasteiger partial charge in [-0.1, -0.05) is 11.6 Å². The lowest BCUT2D eigenvalue weighted by atomic mass is 10.1. The summed E-state index contributed by atoms with van der Waals surface area (Å²) in [6, 6.07) is 3.50. The summed E-state index contributed by atoms with van der Waals surface area (Å²) in [7, 11) is 0. The van der Waals surface area contributed by atoms with Gasteiger partial charge in [0.25, 0.3) is 5.56 Å². The van der Waals surface area contributed by atoms with Gasteiger partial charge in [0.15, 0.2) is 5.69 Å². The molecule has 1 aliphatic rings. The Kier molecular flexibility index (Phi) is 7.72. The lowest BCUT2D eigenvalue weighted by Gasteiger charge is -2.35. The number of carboxylic acid groups (broad SMARTS) is 1. The third-order valence-corrected chi connectivity index (χ3v) is 6.41. The highest BCUT2D eigenvalue weighted by Crippen LogP contribution is 2.27. The lowest BCUT2D eigenvalue weighted by Crippen LogP contribution is -2.50. The number of piperazine rings is 1. The predicted octanol–water partition coefficient (Wildman–Crippen LogP) is 3.73. The van der Waals surface area contributed by atoms with Gasteiger partial charge in [-0.2, -0.15) is 0 Å². The monoisotopic (exact) mass is 546 g/mol. The number of carbonyl (C=O) groups is 2. The van der Waals surface area contributed by atoms with Gasteiger partial charge >= 0.3 is 12.1 Å². The Bertz CT molecular complexity index is 1450. The van der Waals surface area contributed by atoms with Crippen LogP contribution in [0.2, 0.25) is 5.15 Å². The first-order valence-electron chi connectivity index (χ1n) is 12.1. The Morgan fingerprint density at radius 2 is 1.84 bits per heavy atom. The number of nitrogens with one attached hydrogen (secondary N) is 1. The van der Waals surface area contributed by atoms with E-state index in [1.54, 1.807) is 32.6 Å². The van der Waals surface area contributed by atoms with E-state index in [4.69, 9.17) is 21.3 Å². The fourth-order valence-electron chi connectivity index (χ4n) is 4.34. The molecule has 0 bridgehead atoms. The molecule has 202 valence electrons. The maximum absolute atomic E-state index is 14.6. The van der Waals surface area contributed by atoms with Crippen molar-refractivity contribution in [1.29, 1.82) is 0 Å². The topological polar surface area (TPSA) is 129 Å². The molecule has 0 radical (unpaired) electrons. The van der Waals surface area contributed by atoms with Crippen LogP contribution in [0.4, 0.5) is 20.7 Å². The molecule has 1 amide bonds. The SMILES string of the molecule is Cc1c(N2CCN(C(=O)OC(C)C)CC2)nc2c([C@@H](C)Nc3ccc(Cl)nc3C(=O)O)cc(F)cn2c1=O. The standard InChI is InChI=1S/C25H28ClFN6O5/c1-13(2)38-25(37)32-9-7-31(8-10-32)21-14(3)23(34)33-12-16(27)11-17(22(33)30-21)15(4)28-18-5-6-19(26)29-20(18)24(35)36/h5-6,11-13,15,28H,7-10H2,1-4H3,(H,35,36)/t15-/m1/s1. The second kappa shape index (κ2) is 10.8. The highest BCUT2D eigenvalue weighted by Gasteiger charge is 2.27. The Labute approximate surface area is 222 Å². The number of anilines is 2. The zero-order valence-electron chi connectivity index (χ0n) is 21.4. The smallest absolute Gasteiger partial charge is 0.410 e. The molecule has 2 N–H and O–H groups in total. The summed E-state index contributed by atoms with van der Waals surface area (Å²) in [4.78, 5) is 49.3. The molecule has 3 aromatic heterocycles. The van der Waals surface area contributed by atoms with Gasteiger partial charge in [0.1, 0.15) is 22.4 Å². The minimum atomic E-state index is -1.28. The first-order chi connectivity index (χ1) is 18.0. The molecule has 0 aliphatic carbocycles. The number of pyridine rings is 2. The van der Waals surface area contributed by atoms with Gasteiger partial charge in [-0.05, 0) is 45.9 Å². The van der Waals surface area contributed by atoms with Crippen LogP contribution in [0.5, 0.6) is 0 Å². The van der Waals surface area contributed by atoms with E-state index in [9.17, 15) is 23.9 Å². The van der Waals surface area contributed by atoms with Crippen LogP contribution in [0.3, 0.4) is 0 Å². The molecule has 4 heterocycles. The largest absolute Gasteiger partial charge is 0.476 e. The highest BCUT2D eigenvalue weighted by atomic mass is 35.5. The van der Waals surface area contributed by atoms with Crippen LogP contribution in [0.25, 0.3) is 5.65 Å². The molecule has 0 saturated carbocycles. The number of hydrogen-bond acceptors (Lipinski definition) is 8. The number of carbonyl (C=O) groups excluding carboxylic acids is 1. The minimum absolute atomic E-state index is 0.0164. The molecule has 1 atom stereocenters. The van der Waals surface area contributed by atoms with E-state index in [0.29, 0.717) is 43.1 Å². The van der Waals surface area contributed by atoms with Crippen LogP contribution in [-0.2, 0) is 4.74 Å². The summed E-state index contributed by atoms with van der Waals surface area (Å²) < 4.78 is 21.1. The average molecular weight is 547 g/mol. The van der Waals surface area contributed by atoms with Gasteiger partial charge < -0.3 is 25.0 Å². The third-order valence-electron chi connectivity index (χ3n) is 6.20. The normalized spacial score (nSPS) is 14.6. The molecule has 1 saturated heterocycles. The molecule has 0 unspecified atom stereocenters. The fourth-order valence-corrected chi connectivity index (χ4v) is 4.48. The molecular weight excluding hydrogens is 519 g/mol. The van der Waals surface area contributed by atoms with Gasteiger partial charge in [0, 0.05) is 37.9 Å². The number of hydrogen-bond donors (Lipinski definition) is 2. The Morgan fingerprint density at radius 1 is 1.16 bits per heavy atom. The van der Waals surface area contributed by atoms with Crippen molar-refractivity contribution < 1.29 is 23.8 Å². The zero-order chi connectivity index (χ0) is 27.7. The number of rotatable bonds is 6. The van der Waals surface area contributed by atoms with E-state index in [0.717, 1.165) is 10.6 Å². The first-order valence-corrected chi connectivity index (χ1v) is 12.4. The van der Waals surface area contributed by atoms with Crippen LogP contribution in [-0.4, -0.2) is 68.7 Å². The van der Waals surface area contributed by atoms with E-state index < -0.39 is 29.5 Å². The van der Waals surface area contributed by atoms with Gasteiger partial charge in [-0.15, -0.1) is 0 Å². The summed E-state index contributed by atoms with van der Waals surface area (Å²) in [5.74, 6) is -1.50. The van der Waals surface area contributed by atoms with E-state index in [1.165, 1.54) is 18.2 Å². The van der Waals surface area contributed by atoms with E-state index in [1.807, 2.05) is 4.90 Å². The lowest BCUT2D eigenvalue weighted by molar-refractivity contribution is 0.0690. The molecule has 0 spiro atoms. The number of ether oxygens (including phenoxy) is 1. The fraction of sp³-hybridized carbons (Fsp3) is 0.400. The van der Waals surface area contributed by atoms with Crippen molar-refractivity contribution in [2.75, 3.05) is 36.4 Å². The van der Waals surface area contributed by atoms with E-state index in [-0.39, 0.29) is 28.3 Å². The van der Waals surface area contributed by atoms with Crippen LogP contribution < -0.4 is 15.8 Å². The Balaban J connectivity index is 1.69. The molecule has 1 fully saturated rings. The average Bonchev–Trinajstić information content (AvgIpc) is 2.86. The molecule has 0 aromatic carbocycles. The second-order valence-electron chi connectivity index (χ2n) is 9.28. The Morgan fingerprint density at radius 3 is 2.47 bits per heavy atom. The van der Waals surface area contributed by atoms with Gasteiger partial charge in [-0.3, -0.25) is 9.20 Å². The number of amides is 1. The molecule has 38 heavy (non-hydrogen) atoms. The number of aromatic carboxylic acids is 1. The number of carboxylic acids is 1. The molecule has 13 heteroatoms. The van der Waals surface area contributed by atoms with Crippen LogP contribution in [0.15, 0.2) is 29.2 Å². The summed E-state index contributed by atoms with van der Waals surface area (Å²) in [6.45, 7) is 8.53. The molecule has 3 aromatic rings.